The Morgan fingerprint density at radius 3 is 2.89 bits per heavy atom. The highest BCUT2D eigenvalue weighted by Gasteiger charge is 2.43. The summed E-state index contributed by atoms with van der Waals surface area (Å²) >= 11 is 3.82. The van der Waals surface area contributed by atoms with Crippen molar-refractivity contribution in [2.75, 3.05) is 38.2 Å². The van der Waals surface area contributed by atoms with Crippen LogP contribution in [0, 0.1) is 0 Å². The first-order valence-electron chi connectivity index (χ1n) is 10.2. The van der Waals surface area contributed by atoms with Crippen LogP contribution in [0.4, 0.5) is 0 Å². The van der Waals surface area contributed by atoms with Gasteiger partial charge in [0.05, 0.1) is 6.10 Å². The molecule has 1 aromatic heterocycles. The number of rotatable bonds is 8. The van der Waals surface area contributed by atoms with Gasteiger partial charge in [0.25, 0.3) is 0 Å². The van der Waals surface area contributed by atoms with Gasteiger partial charge in [0.1, 0.15) is 0 Å². The smallest absolute Gasteiger partial charge is 0.0801 e. The average Bonchev–Trinajstić information content (AvgIpc) is 3.15. The highest BCUT2D eigenvalue weighted by atomic mass is 32.2. The fourth-order valence-corrected chi connectivity index (χ4v) is 6.13. The molecule has 0 aromatic carbocycles. The molecule has 0 bridgehead atoms. The lowest BCUT2D eigenvalue weighted by atomic mass is 9.68. The van der Waals surface area contributed by atoms with Crippen LogP contribution in [0.3, 0.4) is 0 Å². The zero-order valence-electron chi connectivity index (χ0n) is 16.8. The van der Waals surface area contributed by atoms with E-state index in [9.17, 15) is 5.11 Å². The highest BCUT2D eigenvalue weighted by molar-refractivity contribution is 7.98. The molecule has 1 spiro atoms. The summed E-state index contributed by atoms with van der Waals surface area (Å²) in [6, 6.07) is 2.27. The van der Waals surface area contributed by atoms with Crippen molar-refractivity contribution in [1.82, 2.24) is 10.2 Å². The fraction of sp³-hybridized carbons (Fsp3) is 0.636. The number of aliphatic hydroxyl groups is 1. The van der Waals surface area contributed by atoms with Crippen LogP contribution in [-0.2, 0) is 11.8 Å². The number of thiophene rings is 1. The van der Waals surface area contributed by atoms with Gasteiger partial charge in [-0.15, -0.1) is 11.3 Å². The predicted molar refractivity (Wildman–Crippen MR) is 120 cm³/mol. The van der Waals surface area contributed by atoms with E-state index < -0.39 is 0 Å². The van der Waals surface area contributed by atoms with E-state index >= 15 is 0 Å². The standard InChI is InChI=1S/C22H34N2OS2/c1-4-17(15-23-10-13-26-3)16-24-11-8-22(9-12-24)7-6-20(25)19-14-18(5-2)27-21(19)22/h4,14-15,20,23,25H,1,5-13,16H2,2-3H3/b17-15+. The van der Waals surface area contributed by atoms with Crippen molar-refractivity contribution in [2.24, 2.45) is 0 Å². The maximum absolute atomic E-state index is 10.5. The Bertz CT molecular complexity index is 659. The third-order valence-electron chi connectivity index (χ3n) is 6.12. The Hall–Kier alpha value is -0.750. The van der Waals surface area contributed by atoms with E-state index in [2.05, 4.69) is 42.2 Å². The topological polar surface area (TPSA) is 35.5 Å². The van der Waals surface area contributed by atoms with Crippen LogP contribution >= 0.6 is 23.1 Å². The molecule has 1 saturated heterocycles. The fourth-order valence-electron chi connectivity index (χ4n) is 4.38. The SMILES string of the molecule is C=C/C(=C\NCCSC)CN1CCC2(CCC(O)c3cc(CC)sc32)CC1. The minimum Gasteiger partial charge on any atom is -0.390 e. The van der Waals surface area contributed by atoms with Crippen molar-refractivity contribution >= 4 is 23.1 Å². The van der Waals surface area contributed by atoms with Crippen LogP contribution in [0.5, 0.6) is 0 Å². The summed E-state index contributed by atoms with van der Waals surface area (Å²) in [5.41, 5.74) is 2.81. The summed E-state index contributed by atoms with van der Waals surface area (Å²) in [6.45, 7) is 10.5. The molecule has 0 radical (unpaired) electrons. The highest BCUT2D eigenvalue weighted by Crippen LogP contribution is 2.51. The number of fused-ring (bicyclic) bond motifs is 2. The molecule has 1 aliphatic heterocycles. The maximum Gasteiger partial charge on any atom is 0.0801 e. The third-order valence-corrected chi connectivity index (χ3v) is 8.27. The van der Waals surface area contributed by atoms with Crippen LogP contribution in [0.25, 0.3) is 0 Å². The molecule has 1 atom stereocenters. The van der Waals surface area contributed by atoms with E-state index in [0.717, 1.165) is 51.2 Å². The average molecular weight is 407 g/mol. The zero-order valence-corrected chi connectivity index (χ0v) is 18.4. The van der Waals surface area contributed by atoms with E-state index in [-0.39, 0.29) is 6.10 Å². The van der Waals surface area contributed by atoms with E-state index in [1.807, 2.05) is 29.2 Å². The molecule has 3 nitrogen and oxygen atoms in total. The molecule has 27 heavy (non-hydrogen) atoms. The van der Waals surface area contributed by atoms with Gasteiger partial charge in [0.2, 0.25) is 0 Å². The number of nitrogens with one attached hydrogen (secondary N) is 1. The molecule has 1 aromatic rings. The maximum atomic E-state index is 10.5. The van der Waals surface area contributed by atoms with E-state index in [0.29, 0.717) is 5.41 Å². The quantitative estimate of drug-likeness (QED) is 0.492. The minimum atomic E-state index is -0.247. The molecule has 5 heteroatoms. The zero-order chi connectivity index (χ0) is 19.3. The Kier molecular flexibility index (Phi) is 7.49. The summed E-state index contributed by atoms with van der Waals surface area (Å²) in [6.07, 6.45) is 11.6. The lowest BCUT2D eigenvalue weighted by Crippen LogP contribution is -2.44. The van der Waals surface area contributed by atoms with Gasteiger partial charge in [0.15, 0.2) is 0 Å². The number of aryl methyl sites for hydroxylation is 1. The van der Waals surface area contributed by atoms with Gasteiger partial charge in [-0.05, 0) is 68.7 Å². The van der Waals surface area contributed by atoms with Crippen molar-refractivity contribution in [3.8, 4) is 0 Å². The molecule has 2 N–H and O–H groups in total. The van der Waals surface area contributed by atoms with Crippen LogP contribution in [-0.4, -0.2) is 48.2 Å². The van der Waals surface area contributed by atoms with Gasteiger partial charge in [-0.1, -0.05) is 19.6 Å². The number of aliphatic hydroxyl groups excluding tert-OH is 1. The van der Waals surface area contributed by atoms with Gasteiger partial charge in [0, 0.05) is 40.2 Å². The van der Waals surface area contributed by atoms with Crippen LogP contribution in [0.15, 0.2) is 30.5 Å². The van der Waals surface area contributed by atoms with E-state index in [1.165, 1.54) is 33.7 Å². The molecular formula is C22H34N2OS2. The third kappa shape index (κ3) is 4.81. The summed E-state index contributed by atoms with van der Waals surface area (Å²) in [4.78, 5) is 5.49. The number of hydrogen-bond acceptors (Lipinski definition) is 5. The van der Waals surface area contributed by atoms with Crippen molar-refractivity contribution in [3.63, 3.8) is 0 Å². The first-order valence-corrected chi connectivity index (χ1v) is 12.4. The number of likely N-dealkylation sites (tertiary alicyclic amines) is 1. The van der Waals surface area contributed by atoms with Gasteiger partial charge in [-0.3, -0.25) is 4.90 Å². The Morgan fingerprint density at radius 1 is 1.44 bits per heavy atom. The molecule has 2 heterocycles. The lowest BCUT2D eigenvalue weighted by molar-refractivity contribution is 0.101. The molecule has 0 amide bonds. The molecule has 1 unspecified atom stereocenters. The second-order valence-corrected chi connectivity index (χ2v) is 9.95. The number of piperidine rings is 1. The van der Waals surface area contributed by atoms with Crippen LogP contribution < -0.4 is 5.32 Å². The molecule has 3 rings (SSSR count). The van der Waals surface area contributed by atoms with E-state index in [4.69, 9.17) is 0 Å². The Morgan fingerprint density at radius 2 is 2.22 bits per heavy atom. The Labute approximate surface area is 172 Å². The predicted octanol–water partition coefficient (Wildman–Crippen LogP) is 4.49. The summed E-state index contributed by atoms with van der Waals surface area (Å²) in [5.74, 6) is 1.13. The van der Waals surface area contributed by atoms with E-state index in [1.54, 1.807) is 0 Å². The summed E-state index contributed by atoms with van der Waals surface area (Å²) < 4.78 is 0. The second-order valence-electron chi connectivity index (χ2n) is 7.83. The normalized spacial score (nSPS) is 22.6. The number of thioether (sulfide) groups is 1. The van der Waals surface area contributed by atoms with Gasteiger partial charge < -0.3 is 10.4 Å². The molecule has 150 valence electrons. The minimum absolute atomic E-state index is 0.247. The molecule has 1 fully saturated rings. The van der Waals surface area contributed by atoms with Crippen molar-refractivity contribution in [1.29, 1.82) is 0 Å². The number of hydrogen-bond donors (Lipinski definition) is 2. The monoisotopic (exact) mass is 406 g/mol. The van der Waals surface area contributed by atoms with Crippen LogP contribution in [0.1, 0.15) is 54.0 Å². The molecule has 2 aliphatic rings. The molecule has 0 saturated carbocycles. The van der Waals surface area contributed by atoms with Crippen LogP contribution in [0.2, 0.25) is 0 Å². The van der Waals surface area contributed by atoms with Gasteiger partial charge in [-0.2, -0.15) is 11.8 Å². The summed E-state index contributed by atoms with van der Waals surface area (Å²) in [5, 5.41) is 13.9. The first-order chi connectivity index (χ1) is 13.1. The van der Waals surface area contributed by atoms with Crippen molar-refractivity contribution < 1.29 is 5.11 Å². The Balaban J connectivity index is 1.62. The van der Waals surface area contributed by atoms with Gasteiger partial charge >= 0.3 is 0 Å². The molecule has 1 aliphatic carbocycles. The summed E-state index contributed by atoms with van der Waals surface area (Å²) in [7, 11) is 0. The van der Waals surface area contributed by atoms with Crippen molar-refractivity contribution in [3.05, 3.63) is 45.8 Å². The lowest BCUT2D eigenvalue weighted by Gasteiger charge is -2.45. The van der Waals surface area contributed by atoms with Crippen molar-refractivity contribution in [2.45, 2.75) is 50.5 Å². The second kappa shape index (κ2) is 9.64. The first kappa shape index (κ1) is 21.0. The number of nitrogens with zero attached hydrogens (tertiary/aromatic N) is 1. The largest absolute Gasteiger partial charge is 0.390 e. The molecular weight excluding hydrogens is 372 g/mol. The van der Waals surface area contributed by atoms with Gasteiger partial charge in [-0.25, -0.2) is 0 Å².